The minimum Gasteiger partial charge on any atom is -0.501 e. The van der Waals surface area contributed by atoms with Crippen LogP contribution in [0.2, 0.25) is 0 Å². The molecule has 0 saturated heterocycles. The largest absolute Gasteiger partial charge is 0.501 e. The number of ether oxygens (including phenoxy) is 1. The standard InChI is InChI=1S/C16H18O.C11H15N/c1-17-16-4-2-3-15(11-16)14-9-7-13(8-10-14)12-5-6-12;1-2-8-3-4-9-5-6-11(12)10(9)7-8/h3,7-12H,2,4-6H2,1H3;3-4,7,11H,2,5-6,12H2,1H3. The molecule has 0 amide bonds. The first-order valence-electron chi connectivity index (χ1n) is 11.1. The highest BCUT2D eigenvalue weighted by molar-refractivity contribution is 5.75. The molecule has 3 aliphatic carbocycles. The highest BCUT2D eigenvalue weighted by Gasteiger charge is 2.23. The van der Waals surface area contributed by atoms with Gasteiger partial charge in [-0.25, -0.2) is 0 Å². The third-order valence-corrected chi connectivity index (χ3v) is 6.37. The Morgan fingerprint density at radius 1 is 1.00 bits per heavy atom. The average molecular weight is 388 g/mol. The molecule has 2 aromatic rings. The van der Waals surface area contributed by atoms with Crippen LogP contribution in [0.1, 0.15) is 78.8 Å². The molecule has 0 heterocycles. The van der Waals surface area contributed by atoms with Gasteiger partial charge in [0.25, 0.3) is 0 Å². The quantitative estimate of drug-likeness (QED) is 0.653. The predicted molar refractivity (Wildman–Crippen MR) is 122 cm³/mol. The maximum atomic E-state index is 5.97. The van der Waals surface area contributed by atoms with E-state index in [1.807, 2.05) is 0 Å². The lowest BCUT2D eigenvalue weighted by Gasteiger charge is -2.13. The summed E-state index contributed by atoms with van der Waals surface area (Å²) in [7, 11) is 1.75. The van der Waals surface area contributed by atoms with Crippen LogP contribution in [0.3, 0.4) is 0 Å². The highest BCUT2D eigenvalue weighted by atomic mass is 16.5. The molecule has 29 heavy (non-hydrogen) atoms. The Hall–Kier alpha value is -2.32. The maximum Gasteiger partial charge on any atom is 0.0964 e. The van der Waals surface area contributed by atoms with Gasteiger partial charge in [-0.3, -0.25) is 0 Å². The van der Waals surface area contributed by atoms with Gasteiger partial charge in [-0.1, -0.05) is 55.5 Å². The van der Waals surface area contributed by atoms with Gasteiger partial charge in [-0.15, -0.1) is 0 Å². The summed E-state index contributed by atoms with van der Waals surface area (Å²) in [6.45, 7) is 2.18. The Morgan fingerprint density at radius 3 is 2.48 bits per heavy atom. The first-order chi connectivity index (χ1) is 14.2. The van der Waals surface area contributed by atoms with Crippen molar-refractivity contribution in [2.75, 3.05) is 7.11 Å². The van der Waals surface area contributed by atoms with Gasteiger partial charge >= 0.3 is 0 Å². The van der Waals surface area contributed by atoms with Crippen LogP contribution >= 0.6 is 0 Å². The average Bonchev–Trinajstić information content (AvgIpc) is 3.57. The van der Waals surface area contributed by atoms with Gasteiger partial charge in [-0.2, -0.15) is 0 Å². The molecular weight excluding hydrogens is 354 g/mol. The van der Waals surface area contributed by atoms with Gasteiger partial charge in [0, 0.05) is 12.5 Å². The van der Waals surface area contributed by atoms with Crippen molar-refractivity contribution < 1.29 is 4.74 Å². The van der Waals surface area contributed by atoms with E-state index in [-0.39, 0.29) is 0 Å². The van der Waals surface area contributed by atoms with E-state index < -0.39 is 0 Å². The smallest absolute Gasteiger partial charge is 0.0964 e. The van der Waals surface area contributed by atoms with Gasteiger partial charge < -0.3 is 10.5 Å². The second kappa shape index (κ2) is 9.00. The summed E-state index contributed by atoms with van der Waals surface area (Å²) in [5.41, 5.74) is 14.3. The SMILES string of the molecule is CCc1ccc2c(c1)C(N)CC2.COC1=CC(c2ccc(C3CC3)cc2)=CCC1. The number of hydrogen-bond donors (Lipinski definition) is 1. The van der Waals surface area contributed by atoms with E-state index in [0.717, 1.165) is 37.4 Å². The number of benzene rings is 2. The normalized spacial score (nSPS) is 20.2. The summed E-state index contributed by atoms with van der Waals surface area (Å²) in [4.78, 5) is 0. The number of allylic oxidation sites excluding steroid dienone is 4. The van der Waals surface area contributed by atoms with Gasteiger partial charge in [0.15, 0.2) is 0 Å². The first kappa shape index (κ1) is 20.0. The summed E-state index contributed by atoms with van der Waals surface area (Å²) < 4.78 is 5.34. The monoisotopic (exact) mass is 387 g/mol. The van der Waals surface area contributed by atoms with Crippen LogP contribution in [-0.2, 0) is 17.6 Å². The zero-order valence-electron chi connectivity index (χ0n) is 17.8. The summed E-state index contributed by atoms with van der Waals surface area (Å²) >= 11 is 0. The van der Waals surface area contributed by atoms with Crippen molar-refractivity contribution in [3.8, 4) is 0 Å². The van der Waals surface area contributed by atoms with E-state index in [1.54, 1.807) is 7.11 Å². The zero-order chi connectivity index (χ0) is 20.2. The van der Waals surface area contributed by atoms with Crippen LogP contribution in [0.15, 0.2) is 60.4 Å². The second-order valence-corrected chi connectivity index (χ2v) is 8.44. The minimum atomic E-state index is 0.298. The number of nitrogens with two attached hydrogens (primary N) is 1. The highest BCUT2D eigenvalue weighted by Crippen LogP contribution is 2.40. The van der Waals surface area contributed by atoms with Gasteiger partial charge in [-0.05, 0) is 83.9 Å². The lowest BCUT2D eigenvalue weighted by molar-refractivity contribution is 0.277. The van der Waals surface area contributed by atoms with Crippen LogP contribution in [0.25, 0.3) is 5.57 Å². The molecule has 2 nitrogen and oxygen atoms in total. The van der Waals surface area contributed by atoms with Crippen molar-refractivity contribution in [1.82, 2.24) is 0 Å². The van der Waals surface area contributed by atoms with Gasteiger partial charge in [0.2, 0.25) is 0 Å². The van der Waals surface area contributed by atoms with Gasteiger partial charge in [0.1, 0.15) is 0 Å². The van der Waals surface area contributed by atoms with Crippen LogP contribution < -0.4 is 5.73 Å². The van der Waals surface area contributed by atoms with Crippen LogP contribution in [-0.4, -0.2) is 7.11 Å². The Bertz CT molecular complexity index is 903. The Balaban J connectivity index is 0.000000150. The van der Waals surface area contributed by atoms with Crippen LogP contribution in [0.4, 0.5) is 0 Å². The van der Waals surface area contributed by atoms with Crippen molar-refractivity contribution >= 4 is 5.57 Å². The second-order valence-electron chi connectivity index (χ2n) is 8.44. The Labute approximate surface area is 175 Å². The molecule has 2 aromatic carbocycles. The van der Waals surface area contributed by atoms with Crippen LogP contribution in [0, 0.1) is 0 Å². The minimum absolute atomic E-state index is 0.298. The van der Waals surface area contributed by atoms with E-state index >= 15 is 0 Å². The topological polar surface area (TPSA) is 35.2 Å². The molecule has 1 unspecified atom stereocenters. The molecule has 1 atom stereocenters. The molecule has 1 fully saturated rings. The molecular formula is C27H33NO. The third-order valence-electron chi connectivity index (χ3n) is 6.37. The van der Waals surface area contributed by atoms with E-state index in [0.29, 0.717) is 6.04 Å². The molecule has 5 rings (SSSR count). The predicted octanol–water partition coefficient (Wildman–Crippen LogP) is 6.47. The lowest BCUT2D eigenvalue weighted by atomic mass is 9.97. The van der Waals surface area contributed by atoms with E-state index in [4.69, 9.17) is 10.5 Å². The molecule has 2 N–H and O–H groups in total. The maximum absolute atomic E-state index is 5.97. The molecule has 0 aliphatic heterocycles. The van der Waals surface area contributed by atoms with Crippen molar-refractivity contribution in [2.45, 2.75) is 63.8 Å². The molecule has 0 bridgehead atoms. The van der Waals surface area contributed by atoms with E-state index in [1.165, 1.54) is 52.7 Å². The number of methoxy groups -OCH3 is 1. The fraction of sp³-hybridized carbons (Fsp3) is 0.407. The lowest BCUT2D eigenvalue weighted by Crippen LogP contribution is -2.05. The molecule has 152 valence electrons. The zero-order valence-corrected chi connectivity index (χ0v) is 17.8. The number of rotatable bonds is 4. The number of aryl methyl sites for hydroxylation is 2. The molecule has 0 spiro atoms. The molecule has 2 heteroatoms. The fourth-order valence-corrected chi connectivity index (χ4v) is 4.30. The number of hydrogen-bond acceptors (Lipinski definition) is 2. The first-order valence-corrected chi connectivity index (χ1v) is 11.1. The van der Waals surface area contributed by atoms with Crippen molar-refractivity contribution in [2.24, 2.45) is 5.73 Å². The third kappa shape index (κ3) is 4.82. The molecule has 1 saturated carbocycles. The number of fused-ring (bicyclic) bond motifs is 1. The van der Waals surface area contributed by atoms with Gasteiger partial charge in [0.05, 0.1) is 12.9 Å². The van der Waals surface area contributed by atoms with Crippen LogP contribution in [0.5, 0.6) is 0 Å². The molecule has 3 aliphatic rings. The Kier molecular flexibility index (Phi) is 6.20. The summed E-state index contributed by atoms with van der Waals surface area (Å²) in [5, 5.41) is 0. The summed E-state index contributed by atoms with van der Waals surface area (Å²) in [5.74, 6) is 1.93. The van der Waals surface area contributed by atoms with E-state index in [9.17, 15) is 0 Å². The summed E-state index contributed by atoms with van der Waals surface area (Å²) in [6.07, 6.45) is 12.7. The molecule has 0 aromatic heterocycles. The Morgan fingerprint density at radius 2 is 1.79 bits per heavy atom. The molecule has 0 radical (unpaired) electrons. The fourth-order valence-electron chi connectivity index (χ4n) is 4.30. The van der Waals surface area contributed by atoms with Crippen molar-refractivity contribution in [3.63, 3.8) is 0 Å². The van der Waals surface area contributed by atoms with Crippen molar-refractivity contribution in [3.05, 3.63) is 88.2 Å². The summed E-state index contributed by atoms with van der Waals surface area (Å²) in [6, 6.07) is 16.1. The van der Waals surface area contributed by atoms with Crippen molar-refractivity contribution in [1.29, 1.82) is 0 Å². The van der Waals surface area contributed by atoms with E-state index in [2.05, 4.69) is 61.5 Å².